The minimum absolute atomic E-state index is 0.0300. The van der Waals surface area contributed by atoms with E-state index >= 15 is 0 Å². The van der Waals surface area contributed by atoms with Crippen LogP contribution in [-0.2, 0) is 6.54 Å². The van der Waals surface area contributed by atoms with Gasteiger partial charge in [0.2, 0.25) is 0 Å². The van der Waals surface area contributed by atoms with Crippen LogP contribution < -0.4 is 11.1 Å². The highest BCUT2D eigenvalue weighted by Crippen LogP contribution is 2.41. The molecule has 6 heteroatoms. The summed E-state index contributed by atoms with van der Waals surface area (Å²) in [5.41, 5.74) is 7.49. The summed E-state index contributed by atoms with van der Waals surface area (Å²) in [6.45, 7) is 2.07. The van der Waals surface area contributed by atoms with Crippen molar-refractivity contribution in [3.63, 3.8) is 0 Å². The van der Waals surface area contributed by atoms with Gasteiger partial charge in [-0.2, -0.15) is 0 Å². The molecule has 0 aliphatic heterocycles. The van der Waals surface area contributed by atoms with Crippen molar-refractivity contribution in [2.24, 2.45) is 0 Å². The molecular formula is C14H15FN2OS2. The van der Waals surface area contributed by atoms with Crippen molar-refractivity contribution in [1.82, 2.24) is 0 Å². The molecule has 1 heterocycles. The molecule has 0 saturated carbocycles. The van der Waals surface area contributed by atoms with Crippen LogP contribution in [0, 0.1) is 5.82 Å². The molecule has 0 aliphatic rings. The Morgan fingerprint density at radius 2 is 2.05 bits per heavy atom. The summed E-state index contributed by atoms with van der Waals surface area (Å²) in [5, 5.41) is 4.14. The van der Waals surface area contributed by atoms with Crippen LogP contribution in [0.5, 0.6) is 0 Å². The lowest BCUT2D eigenvalue weighted by Crippen LogP contribution is -1.99. The van der Waals surface area contributed by atoms with Gasteiger partial charge in [-0.3, -0.25) is 4.79 Å². The minimum atomic E-state index is -0.252. The summed E-state index contributed by atoms with van der Waals surface area (Å²) in [6.07, 6.45) is 1.92. The third-order valence-electron chi connectivity index (χ3n) is 2.79. The Balaban J connectivity index is 2.18. The number of anilines is 2. The standard InChI is InChI=1S/C14H15FN2OS2/c1-8(18)12-11(16)13(19-2)14(20-12)17-7-9-3-5-10(15)6-4-9/h3-6,17H,7,16H2,1-2H3. The molecule has 20 heavy (non-hydrogen) atoms. The zero-order valence-corrected chi connectivity index (χ0v) is 12.8. The molecule has 0 spiro atoms. The van der Waals surface area contributed by atoms with Crippen LogP contribution in [0.15, 0.2) is 29.2 Å². The molecule has 0 unspecified atom stereocenters. The molecule has 0 bridgehead atoms. The number of carbonyl (C=O) groups excluding carboxylic acids is 1. The molecule has 3 N–H and O–H groups in total. The number of nitrogens with two attached hydrogens (primary N) is 1. The Labute approximate surface area is 125 Å². The van der Waals surface area contributed by atoms with Crippen LogP contribution in [0.4, 0.5) is 15.1 Å². The minimum Gasteiger partial charge on any atom is -0.396 e. The average Bonchev–Trinajstić information content (AvgIpc) is 2.74. The normalized spacial score (nSPS) is 10.6. The van der Waals surface area contributed by atoms with Crippen LogP contribution in [0.25, 0.3) is 0 Å². The molecule has 106 valence electrons. The highest BCUT2D eigenvalue weighted by atomic mass is 32.2. The van der Waals surface area contributed by atoms with Crippen molar-refractivity contribution in [3.8, 4) is 0 Å². The van der Waals surface area contributed by atoms with E-state index in [1.165, 1.54) is 42.2 Å². The molecule has 3 nitrogen and oxygen atoms in total. The monoisotopic (exact) mass is 310 g/mol. The number of nitrogens with one attached hydrogen (secondary N) is 1. The van der Waals surface area contributed by atoms with Crippen molar-refractivity contribution < 1.29 is 9.18 Å². The van der Waals surface area contributed by atoms with E-state index in [4.69, 9.17) is 5.73 Å². The number of nitrogen functional groups attached to an aromatic ring is 1. The first-order chi connectivity index (χ1) is 9.52. The number of rotatable bonds is 5. The Hall–Kier alpha value is -1.53. The van der Waals surface area contributed by atoms with E-state index in [0.717, 1.165) is 15.5 Å². The molecule has 0 amide bonds. The summed E-state index contributed by atoms with van der Waals surface area (Å²) in [4.78, 5) is 13.0. The molecule has 0 fully saturated rings. The molecule has 0 saturated heterocycles. The molecule has 0 atom stereocenters. The first-order valence-corrected chi connectivity index (χ1v) is 8.02. The molecule has 2 rings (SSSR count). The smallest absolute Gasteiger partial charge is 0.171 e. The highest BCUT2D eigenvalue weighted by Gasteiger charge is 2.17. The van der Waals surface area contributed by atoms with E-state index in [1.54, 1.807) is 12.1 Å². The zero-order chi connectivity index (χ0) is 14.7. The highest BCUT2D eigenvalue weighted by molar-refractivity contribution is 7.99. The average molecular weight is 310 g/mol. The number of benzene rings is 1. The van der Waals surface area contributed by atoms with Gasteiger partial charge in [-0.25, -0.2) is 4.39 Å². The van der Waals surface area contributed by atoms with Crippen molar-refractivity contribution in [2.75, 3.05) is 17.3 Å². The summed E-state index contributed by atoms with van der Waals surface area (Å²) in [6, 6.07) is 6.31. The van der Waals surface area contributed by atoms with Crippen LogP contribution in [0.2, 0.25) is 0 Å². The first kappa shape index (κ1) is 14.9. The molecule has 2 aromatic rings. The van der Waals surface area contributed by atoms with Gasteiger partial charge in [0.1, 0.15) is 10.8 Å². The first-order valence-electron chi connectivity index (χ1n) is 5.98. The summed E-state index contributed by atoms with van der Waals surface area (Å²) < 4.78 is 12.8. The van der Waals surface area contributed by atoms with E-state index in [9.17, 15) is 9.18 Å². The SMILES string of the molecule is CSc1c(NCc2ccc(F)cc2)sc(C(C)=O)c1N. The quantitative estimate of drug-likeness (QED) is 0.647. The van der Waals surface area contributed by atoms with Crippen molar-refractivity contribution in [3.05, 3.63) is 40.5 Å². The van der Waals surface area contributed by atoms with Crippen LogP contribution in [0.3, 0.4) is 0 Å². The number of hydrogen-bond donors (Lipinski definition) is 2. The Kier molecular flexibility index (Phi) is 4.67. The molecule has 0 radical (unpaired) electrons. The largest absolute Gasteiger partial charge is 0.396 e. The zero-order valence-electron chi connectivity index (χ0n) is 11.2. The maximum atomic E-state index is 12.8. The Morgan fingerprint density at radius 3 is 2.60 bits per heavy atom. The lowest BCUT2D eigenvalue weighted by atomic mass is 10.2. The fourth-order valence-electron chi connectivity index (χ4n) is 1.79. The summed E-state index contributed by atoms with van der Waals surface area (Å²) in [5.74, 6) is -0.282. The Bertz CT molecular complexity index is 623. The summed E-state index contributed by atoms with van der Waals surface area (Å²) in [7, 11) is 0. The lowest BCUT2D eigenvalue weighted by Gasteiger charge is -2.06. The maximum absolute atomic E-state index is 12.8. The van der Waals surface area contributed by atoms with E-state index in [1.807, 2.05) is 6.26 Å². The van der Waals surface area contributed by atoms with E-state index < -0.39 is 0 Å². The van der Waals surface area contributed by atoms with Gasteiger partial charge in [-0.1, -0.05) is 12.1 Å². The maximum Gasteiger partial charge on any atom is 0.171 e. The van der Waals surface area contributed by atoms with Crippen molar-refractivity contribution >= 4 is 39.6 Å². The van der Waals surface area contributed by atoms with Crippen LogP contribution in [-0.4, -0.2) is 12.0 Å². The van der Waals surface area contributed by atoms with Gasteiger partial charge in [0, 0.05) is 13.5 Å². The van der Waals surface area contributed by atoms with Crippen LogP contribution >= 0.6 is 23.1 Å². The number of thioether (sulfide) groups is 1. The summed E-state index contributed by atoms with van der Waals surface area (Å²) >= 11 is 2.87. The second-order valence-corrected chi connectivity index (χ2v) is 6.08. The molecule has 0 aliphatic carbocycles. The van der Waals surface area contributed by atoms with E-state index in [2.05, 4.69) is 5.32 Å². The number of ketones is 1. The second-order valence-electron chi connectivity index (χ2n) is 4.24. The molecule has 1 aromatic carbocycles. The number of thiophene rings is 1. The van der Waals surface area contributed by atoms with Crippen LogP contribution in [0.1, 0.15) is 22.2 Å². The Morgan fingerprint density at radius 1 is 1.40 bits per heavy atom. The predicted octanol–water partition coefficient (Wildman–Crippen LogP) is 4.01. The number of Topliss-reactive ketones (excluding diaryl/α,β-unsaturated/α-hetero) is 1. The third-order valence-corrected chi connectivity index (χ3v) is 5.02. The van der Waals surface area contributed by atoms with Gasteiger partial charge >= 0.3 is 0 Å². The van der Waals surface area contributed by atoms with E-state index in [-0.39, 0.29) is 11.6 Å². The van der Waals surface area contributed by atoms with E-state index in [0.29, 0.717) is 17.1 Å². The van der Waals surface area contributed by atoms with Crippen molar-refractivity contribution in [2.45, 2.75) is 18.4 Å². The molecule has 1 aromatic heterocycles. The number of carbonyl (C=O) groups is 1. The number of halogens is 1. The van der Waals surface area contributed by atoms with Gasteiger partial charge in [-0.15, -0.1) is 23.1 Å². The predicted molar refractivity (Wildman–Crippen MR) is 84.2 cm³/mol. The van der Waals surface area contributed by atoms with Gasteiger partial charge in [-0.05, 0) is 24.0 Å². The van der Waals surface area contributed by atoms with Gasteiger partial charge < -0.3 is 11.1 Å². The molecular weight excluding hydrogens is 295 g/mol. The van der Waals surface area contributed by atoms with Gasteiger partial charge in [0.25, 0.3) is 0 Å². The van der Waals surface area contributed by atoms with Gasteiger partial charge in [0.05, 0.1) is 15.5 Å². The fraction of sp³-hybridized carbons (Fsp3) is 0.214. The lowest BCUT2D eigenvalue weighted by molar-refractivity contribution is 0.102. The van der Waals surface area contributed by atoms with Gasteiger partial charge in [0.15, 0.2) is 5.78 Å². The van der Waals surface area contributed by atoms with Crippen molar-refractivity contribution in [1.29, 1.82) is 0 Å². The third kappa shape index (κ3) is 3.13. The fourth-order valence-corrected chi connectivity index (χ4v) is 3.72. The number of hydrogen-bond acceptors (Lipinski definition) is 5. The second kappa shape index (κ2) is 6.28. The topological polar surface area (TPSA) is 55.1 Å².